The standard InChI is InChI=1S/C14H18N4O2/c1-8(2)10-6-15-12(16-7-10)14(20)18-11-5-4-9(3)17-13(11)19/h6-8,11H,3-5H2,1-2H3,(H,17,19)(H,18,20). The topological polar surface area (TPSA) is 84.0 Å². The molecule has 2 amide bonds. The van der Waals surface area contributed by atoms with E-state index in [0.717, 1.165) is 5.56 Å². The molecule has 1 aromatic heterocycles. The number of carbonyl (C=O) groups excluding carboxylic acids is 2. The lowest BCUT2D eigenvalue weighted by atomic mass is 10.0. The van der Waals surface area contributed by atoms with E-state index in [1.54, 1.807) is 12.4 Å². The second-order valence-corrected chi connectivity index (χ2v) is 5.15. The Kier molecular flexibility index (Phi) is 4.12. The Balaban J connectivity index is 2.01. The molecule has 0 saturated carbocycles. The predicted octanol–water partition coefficient (Wildman–Crippen LogP) is 1.12. The number of rotatable bonds is 3. The molecule has 1 aliphatic rings. The lowest BCUT2D eigenvalue weighted by Crippen LogP contribution is -2.49. The number of nitrogens with one attached hydrogen (secondary N) is 2. The minimum absolute atomic E-state index is 0.0756. The Morgan fingerprint density at radius 1 is 1.45 bits per heavy atom. The summed E-state index contributed by atoms with van der Waals surface area (Å²) in [4.78, 5) is 31.7. The third-order valence-corrected chi connectivity index (χ3v) is 3.20. The summed E-state index contributed by atoms with van der Waals surface area (Å²) in [7, 11) is 0. The summed E-state index contributed by atoms with van der Waals surface area (Å²) in [5.74, 6) is -0.296. The number of hydrogen-bond acceptors (Lipinski definition) is 4. The van der Waals surface area contributed by atoms with Crippen molar-refractivity contribution in [2.24, 2.45) is 0 Å². The van der Waals surface area contributed by atoms with Crippen molar-refractivity contribution in [3.63, 3.8) is 0 Å². The minimum atomic E-state index is -0.554. The molecule has 2 N–H and O–H groups in total. The Labute approximate surface area is 117 Å². The molecule has 1 aliphatic heterocycles. The molecule has 0 aliphatic carbocycles. The second-order valence-electron chi connectivity index (χ2n) is 5.15. The van der Waals surface area contributed by atoms with Gasteiger partial charge in [-0.25, -0.2) is 9.97 Å². The first-order valence-electron chi connectivity index (χ1n) is 6.59. The van der Waals surface area contributed by atoms with Gasteiger partial charge in [0, 0.05) is 18.1 Å². The van der Waals surface area contributed by atoms with Gasteiger partial charge in [0.25, 0.3) is 5.91 Å². The maximum Gasteiger partial charge on any atom is 0.289 e. The molecule has 0 spiro atoms. The molecular formula is C14H18N4O2. The van der Waals surface area contributed by atoms with E-state index in [9.17, 15) is 9.59 Å². The Hall–Kier alpha value is -2.24. The van der Waals surface area contributed by atoms with Crippen molar-refractivity contribution in [1.82, 2.24) is 20.6 Å². The number of amides is 2. The molecule has 0 radical (unpaired) electrons. The minimum Gasteiger partial charge on any atom is -0.337 e. The van der Waals surface area contributed by atoms with Crippen LogP contribution in [0.3, 0.4) is 0 Å². The highest BCUT2D eigenvalue weighted by atomic mass is 16.2. The molecule has 1 atom stereocenters. The lowest BCUT2D eigenvalue weighted by molar-refractivity contribution is -0.123. The fourth-order valence-corrected chi connectivity index (χ4v) is 1.89. The van der Waals surface area contributed by atoms with E-state index >= 15 is 0 Å². The predicted molar refractivity (Wildman–Crippen MR) is 73.9 cm³/mol. The fraction of sp³-hybridized carbons (Fsp3) is 0.429. The zero-order chi connectivity index (χ0) is 14.7. The van der Waals surface area contributed by atoms with Gasteiger partial charge in [-0.05, 0) is 24.3 Å². The van der Waals surface area contributed by atoms with E-state index < -0.39 is 11.9 Å². The van der Waals surface area contributed by atoms with Crippen molar-refractivity contribution in [1.29, 1.82) is 0 Å². The number of allylic oxidation sites excluding steroid dienone is 1. The molecule has 1 aromatic rings. The summed E-state index contributed by atoms with van der Waals surface area (Å²) in [5, 5.41) is 5.26. The molecule has 6 heteroatoms. The van der Waals surface area contributed by atoms with Gasteiger partial charge in [0.05, 0.1) is 0 Å². The first-order chi connectivity index (χ1) is 9.47. The molecule has 2 heterocycles. The first kappa shape index (κ1) is 14.2. The number of piperidine rings is 1. The maximum absolute atomic E-state index is 12.0. The van der Waals surface area contributed by atoms with Gasteiger partial charge >= 0.3 is 0 Å². The average molecular weight is 274 g/mol. The molecule has 1 unspecified atom stereocenters. The summed E-state index contributed by atoms with van der Waals surface area (Å²) < 4.78 is 0. The van der Waals surface area contributed by atoms with E-state index in [1.807, 2.05) is 13.8 Å². The average Bonchev–Trinajstić information content (AvgIpc) is 2.42. The van der Waals surface area contributed by atoms with Gasteiger partial charge in [-0.1, -0.05) is 20.4 Å². The Bertz CT molecular complexity index is 537. The van der Waals surface area contributed by atoms with Crippen LogP contribution >= 0.6 is 0 Å². The van der Waals surface area contributed by atoms with E-state index in [1.165, 1.54) is 0 Å². The van der Waals surface area contributed by atoms with Crippen LogP contribution in [0.5, 0.6) is 0 Å². The van der Waals surface area contributed by atoms with Gasteiger partial charge in [0.2, 0.25) is 11.7 Å². The third kappa shape index (κ3) is 3.20. The summed E-state index contributed by atoms with van der Waals surface area (Å²) in [6, 6.07) is -0.554. The van der Waals surface area contributed by atoms with Gasteiger partial charge in [0.15, 0.2) is 0 Å². The first-order valence-corrected chi connectivity index (χ1v) is 6.59. The molecule has 1 saturated heterocycles. The van der Waals surface area contributed by atoms with Crippen molar-refractivity contribution >= 4 is 11.8 Å². The Morgan fingerprint density at radius 3 is 2.65 bits per heavy atom. The maximum atomic E-state index is 12.0. The summed E-state index contributed by atoms with van der Waals surface area (Å²) in [5.41, 5.74) is 1.64. The van der Waals surface area contributed by atoms with Crippen molar-refractivity contribution in [3.05, 3.63) is 36.1 Å². The van der Waals surface area contributed by atoms with Crippen LogP contribution in [-0.2, 0) is 4.79 Å². The van der Waals surface area contributed by atoms with E-state index in [2.05, 4.69) is 27.2 Å². The van der Waals surface area contributed by atoms with E-state index in [-0.39, 0.29) is 11.7 Å². The van der Waals surface area contributed by atoms with Crippen molar-refractivity contribution in [3.8, 4) is 0 Å². The molecule has 106 valence electrons. The monoisotopic (exact) mass is 274 g/mol. The zero-order valence-corrected chi connectivity index (χ0v) is 11.6. The van der Waals surface area contributed by atoms with Gasteiger partial charge in [-0.15, -0.1) is 0 Å². The van der Waals surface area contributed by atoms with Crippen LogP contribution < -0.4 is 10.6 Å². The highest BCUT2D eigenvalue weighted by Gasteiger charge is 2.26. The van der Waals surface area contributed by atoms with E-state index in [4.69, 9.17) is 0 Å². The van der Waals surface area contributed by atoms with Gasteiger partial charge in [0.1, 0.15) is 6.04 Å². The zero-order valence-electron chi connectivity index (χ0n) is 11.6. The quantitative estimate of drug-likeness (QED) is 0.865. The Morgan fingerprint density at radius 2 is 2.10 bits per heavy atom. The molecule has 20 heavy (non-hydrogen) atoms. The number of hydrogen-bond donors (Lipinski definition) is 2. The third-order valence-electron chi connectivity index (χ3n) is 3.20. The molecule has 0 aromatic carbocycles. The van der Waals surface area contributed by atoms with Crippen molar-refractivity contribution in [2.45, 2.75) is 38.6 Å². The van der Waals surface area contributed by atoms with Crippen LogP contribution in [0.4, 0.5) is 0 Å². The fourth-order valence-electron chi connectivity index (χ4n) is 1.89. The number of nitrogens with zero attached hydrogens (tertiary/aromatic N) is 2. The molecular weight excluding hydrogens is 256 g/mol. The molecule has 0 bridgehead atoms. The normalized spacial score (nSPS) is 18.9. The van der Waals surface area contributed by atoms with Crippen LogP contribution in [0.2, 0.25) is 0 Å². The van der Waals surface area contributed by atoms with Crippen molar-refractivity contribution < 1.29 is 9.59 Å². The molecule has 1 fully saturated rings. The van der Waals surface area contributed by atoms with Crippen LogP contribution in [0.15, 0.2) is 24.7 Å². The van der Waals surface area contributed by atoms with Gasteiger partial charge in [-0.3, -0.25) is 9.59 Å². The summed E-state index contributed by atoms with van der Waals surface area (Å²) in [6.07, 6.45) is 4.47. The van der Waals surface area contributed by atoms with Crippen molar-refractivity contribution in [2.75, 3.05) is 0 Å². The highest BCUT2D eigenvalue weighted by Crippen LogP contribution is 2.12. The van der Waals surface area contributed by atoms with E-state index in [0.29, 0.717) is 24.5 Å². The largest absolute Gasteiger partial charge is 0.337 e. The van der Waals surface area contributed by atoms with Gasteiger partial charge < -0.3 is 10.6 Å². The molecule has 2 rings (SSSR count). The van der Waals surface area contributed by atoms with Crippen LogP contribution in [0, 0.1) is 0 Å². The summed E-state index contributed by atoms with van der Waals surface area (Å²) in [6.45, 7) is 7.74. The smallest absolute Gasteiger partial charge is 0.289 e. The number of aromatic nitrogens is 2. The van der Waals surface area contributed by atoms with Crippen LogP contribution in [-0.4, -0.2) is 27.8 Å². The highest BCUT2D eigenvalue weighted by molar-refractivity contribution is 5.95. The molecule has 6 nitrogen and oxygen atoms in total. The number of carbonyl (C=O) groups is 2. The second kappa shape index (κ2) is 5.81. The van der Waals surface area contributed by atoms with Crippen LogP contribution in [0.1, 0.15) is 48.8 Å². The lowest BCUT2D eigenvalue weighted by Gasteiger charge is -2.23. The van der Waals surface area contributed by atoms with Crippen LogP contribution in [0.25, 0.3) is 0 Å². The summed E-state index contributed by atoms with van der Waals surface area (Å²) >= 11 is 0. The van der Waals surface area contributed by atoms with Gasteiger partial charge in [-0.2, -0.15) is 0 Å². The SMILES string of the molecule is C=C1CCC(NC(=O)c2ncc(C(C)C)cn2)C(=O)N1.